The minimum atomic E-state index is -0.706. The van der Waals surface area contributed by atoms with Crippen LogP contribution in [0.25, 0.3) is 0 Å². The molecule has 1 aromatic rings. The lowest BCUT2D eigenvalue weighted by atomic mass is 10.1. The average molecular weight is 343 g/mol. The summed E-state index contributed by atoms with van der Waals surface area (Å²) in [5.41, 5.74) is 1.45. The number of nitrogens with one attached hydrogen (secondary N) is 2. The Morgan fingerprint density at radius 2 is 2.05 bits per heavy atom. The van der Waals surface area contributed by atoms with Crippen LogP contribution in [0.15, 0.2) is 22.7 Å². The fraction of sp³-hybridized carbons (Fsp3) is 0.429. The molecule has 5 nitrogen and oxygen atoms in total. The van der Waals surface area contributed by atoms with E-state index in [1.54, 1.807) is 12.1 Å². The van der Waals surface area contributed by atoms with Gasteiger partial charge in [0.2, 0.25) is 0 Å². The molecule has 0 saturated carbocycles. The van der Waals surface area contributed by atoms with Crippen LogP contribution >= 0.6 is 15.9 Å². The van der Waals surface area contributed by atoms with Crippen LogP contribution in [0.3, 0.4) is 0 Å². The topological polar surface area (TPSA) is 78.4 Å². The van der Waals surface area contributed by atoms with E-state index in [1.807, 2.05) is 19.9 Å². The van der Waals surface area contributed by atoms with Crippen LogP contribution in [0.2, 0.25) is 0 Å². The van der Waals surface area contributed by atoms with E-state index in [2.05, 4.69) is 26.6 Å². The molecule has 20 heavy (non-hydrogen) atoms. The highest BCUT2D eigenvalue weighted by Gasteiger charge is 2.18. The van der Waals surface area contributed by atoms with Gasteiger partial charge in [0.15, 0.2) is 0 Å². The summed E-state index contributed by atoms with van der Waals surface area (Å²) in [7, 11) is 0. The molecule has 0 aromatic heterocycles. The van der Waals surface area contributed by atoms with Gasteiger partial charge in [0.25, 0.3) is 0 Å². The smallest absolute Gasteiger partial charge is 0.313 e. The lowest BCUT2D eigenvalue weighted by Gasteiger charge is -2.15. The number of carbonyl (C=O) groups is 2. The number of carbonyl (C=O) groups excluding carboxylic acids is 2. The molecule has 2 amide bonds. The molecule has 3 N–H and O–H groups in total. The standard InChI is InChI=1S/C14H19BrN2O3/c1-3-10(7-8-18)16-13(19)14(20)17-12-6-4-5-11(15)9(12)2/h4-6,10,18H,3,7-8H2,1-2H3,(H,16,19)(H,17,20). The third-order valence-corrected chi connectivity index (χ3v) is 3.89. The molecular weight excluding hydrogens is 324 g/mol. The average Bonchev–Trinajstić information content (AvgIpc) is 2.43. The van der Waals surface area contributed by atoms with Crippen molar-refractivity contribution in [3.8, 4) is 0 Å². The molecule has 0 aliphatic heterocycles. The van der Waals surface area contributed by atoms with Gasteiger partial charge >= 0.3 is 11.8 Å². The van der Waals surface area contributed by atoms with Crippen LogP contribution in [0.1, 0.15) is 25.3 Å². The number of benzene rings is 1. The Morgan fingerprint density at radius 1 is 1.35 bits per heavy atom. The van der Waals surface area contributed by atoms with Crippen molar-refractivity contribution >= 4 is 33.4 Å². The number of halogens is 1. The molecule has 110 valence electrons. The van der Waals surface area contributed by atoms with Gasteiger partial charge in [-0.05, 0) is 37.5 Å². The Bertz CT molecular complexity index is 491. The van der Waals surface area contributed by atoms with Crippen LogP contribution in [0, 0.1) is 6.92 Å². The molecule has 1 atom stereocenters. The van der Waals surface area contributed by atoms with Crippen LogP contribution in [-0.2, 0) is 9.59 Å². The zero-order valence-corrected chi connectivity index (χ0v) is 13.2. The second kappa shape index (κ2) is 8.01. The quantitative estimate of drug-likeness (QED) is 0.716. The highest BCUT2D eigenvalue weighted by molar-refractivity contribution is 9.10. The summed E-state index contributed by atoms with van der Waals surface area (Å²) in [6, 6.07) is 5.18. The molecule has 0 aliphatic carbocycles. The molecule has 1 unspecified atom stereocenters. The van der Waals surface area contributed by atoms with E-state index in [0.717, 1.165) is 10.0 Å². The van der Waals surface area contributed by atoms with Crippen LogP contribution in [-0.4, -0.2) is 29.6 Å². The maximum atomic E-state index is 11.8. The molecule has 0 aliphatic rings. The zero-order chi connectivity index (χ0) is 15.1. The fourth-order valence-electron chi connectivity index (χ4n) is 1.71. The van der Waals surface area contributed by atoms with E-state index < -0.39 is 11.8 Å². The molecule has 0 heterocycles. The van der Waals surface area contributed by atoms with Crippen molar-refractivity contribution in [3.63, 3.8) is 0 Å². The maximum Gasteiger partial charge on any atom is 0.313 e. The van der Waals surface area contributed by atoms with Crippen LogP contribution < -0.4 is 10.6 Å². The van der Waals surface area contributed by atoms with Crippen molar-refractivity contribution in [1.82, 2.24) is 5.32 Å². The number of rotatable bonds is 5. The van der Waals surface area contributed by atoms with Gasteiger partial charge in [-0.15, -0.1) is 0 Å². The molecule has 0 saturated heterocycles. The number of anilines is 1. The van der Waals surface area contributed by atoms with E-state index in [-0.39, 0.29) is 12.6 Å². The SMILES string of the molecule is CCC(CCO)NC(=O)C(=O)Nc1cccc(Br)c1C. The summed E-state index contributed by atoms with van der Waals surface area (Å²) in [5, 5.41) is 14.0. The van der Waals surface area contributed by atoms with Crippen LogP contribution in [0.5, 0.6) is 0 Å². The molecule has 6 heteroatoms. The lowest BCUT2D eigenvalue weighted by Crippen LogP contribution is -2.42. The van der Waals surface area contributed by atoms with Gasteiger partial charge in [-0.3, -0.25) is 9.59 Å². The van der Waals surface area contributed by atoms with Gasteiger partial charge in [-0.2, -0.15) is 0 Å². The molecular formula is C14H19BrN2O3. The first-order valence-corrected chi connectivity index (χ1v) is 7.26. The van der Waals surface area contributed by atoms with Gasteiger partial charge in [-0.25, -0.2) is 0 Å². The predicted molar refractivity (Wildman–Crippen MR) is 81.4 cm³/mol. The minimum absolute atomic E-state index is 0.0227. The van der Waals surface area contributed by atoms with E-state index in [4.69, 9.17) is 5.11 Å². The number of aliphatic hydroxyl groups excluding tert-OH is 1. The Labute approximate surface area is 126 Å². The van der Waals surface area contributed by atoms with Crippen molar-refractivity contribution in [3.05, 3.63) is 28.2 Å². The van der Waals surface area contributed by atoms with Gasteiger partial charge in [0, 0.05) is 22.8 Å². The number of aliphatic hydroxyl groups is 1. The Kier molecular flexibility index (Phi) is 6.67. The van der Waals surface area contributed by atoms with E-state index in [9.17, 15) is 9.59 Å². The van der Waals surface area contributed by atoms with Crippen molar-refractivity contribution in [2.45, 2.75) is 32.7 Å². The molecule has 0 radical (unpaired) electrons. The second-order valence-corrected chi connectivity index (χ2v) is 5.31. The Balaban J connectivity index is 2.66. The molecule has 0 spiro atoms. The number of amides is 2. The molecule has 1 rings (SSSR count). The lowest BCUT2D eigenvalue weighted by molar-refractivity contribution is -0.136. The fourth-order valence-corrected chi connectivity index (χ4v) is 2.07. The Morgan fingerprint density at radius 3 is 2.65 bits per heavy atom. The second-order valence-electron chi connectivity index (χ2n) is 4.46. The van der Waals surface area contributed by atoms with Gasteiger partial charge in [0.05, 0.1) is 0 Å². The first kappa shape index (κ1) is 16.7. The number of hydrogen-bond donors (Lipinski definition) is 3. The maximum absolute atomic E-state index is 11.8. The van der Waals surface area contributed by atoms with Crippen LogP contribution in [0.4, 0.5) is 5.69 Å². The predicted octanol–water partition coefficient (Wildman–Crippen LogP) is 1.97. The van der Waals surface area contributed by atoms with E-state index in [1.165, 1.54) is 0 Å². The normalized spacial score (nSPS) is 11.8. The number of hydrogen-bond acceptors (Lipinski definition) is 3. The molecule has 0 bridgehead atoms. The van der Waals surface area contributed by atoms with Crippen molar-refractivity contribution in [2.24, 2.45) is 0 Å². The summed E-state index contributed by atoms with van der Waals surface area (Å²) in [6.45, 7) is 3.71. The minimum Gasteiger partial charge on any atom is -0.396 e. The van der Waals surface area contributed by atoms with Gasteiger partial charge < -0.3 is 15.7 Å². The third-order valence-electron chi connectivity index (χ3n) is 3.03. The Hall–Kier alpha value is -1.40. The van der Waals surface area contributed by atoms with Gasteiger partial charge in [0.1, 0.15) is 0 Å². The van der Waals surface area contributed by atoms with Crippen molar-refractivity contribution in [2.75, 3.05) is 11.9 Å². The first-order chi connectivity index (χ1) is 9.49. The summed E-state index contributed by atoms with van der Waals surface area (Å²) >= 11 is 3.37. The largest absolute Gasteiger partial charge is 0.396 e. The highest BCUT2D eigenvalue weighted by Crippen LogP contribution is 2.23. The highest BCUT2D eigenvalue weighted by atomic mass is 79.9. The van der Waals surface area contributed by atoms with Crippen molar-refractivity contribution in [1.29, 1.82) is 0 Å². The summed E-state index contributed by atoms with van der Waals surface area (Å²) in [4.78, 5) is 23.6. The third kappa shape index (κ3) is 4.61. The summed E-state index contributed by atoms with van der Waals surface area (Å²) in [6.07, 6.45) is 1.10. The van der Waals surface area contributed by atoms with Crippen molar-refractivity contribution < 1.29 is 14.7 Å². The first-order valence-electron chi connectivity index (χ1n) is 6.47. The molecule has 1 aromatic carbocycles. The summed E-state index contributed by atoms with van der Waals surface area (Å²) < 4.78 is 0.863. The van der Waals surface area contributed by atoms with E-state index >= 15 is 0 Å². The summed E-state index contributed by atoms with van der Waals surface area (Å²) in [5.74, 6) is -1.40. The zero-order valence-electron chi connectivity index (χ0n) is 11.6. The monoisotopic (exact) mass is 342 g/mol. The molecule has 0 fully saturated rings. The van der Waals surface area contributed by atoms with Gasteiger partial charge in [-0.1, -0.05) is 28.9 Å². The van der Waals surface area contributed by atoms with E-state index in [0.29, 0.717) is 18.5 Å².